The van der Waals surface area contributed by atoms with Crippen LogP contribution in [0.2, 0.25) is 0 Å². The van der Waals surface area contributed by atoms with Crippen LogP contribution in [-0.4, -0.2) is 53.4 Å². The van der Waals surface area contributed by atoms with Crippen LogP contribution in [0.1, 0.15) is 62.7 Å². The largest absolute Gasteiger partial charge is 0.478 e. The van der Waals surface area contributed by atoms with Crippen LogP contribution < -0.4 is 21.7 Å². The minimum absolute atomic E-state index is 0. The Balaban J connectivity index is 0.000000262. The summed E-state index contributed by atoms with van der Waals surface area (Å²) in [6, 6.07) is 39.9. The molecule has 60 heavy (non-hydrogen) atoms. The Morgan fingerprint density at radius 1 is 0.617 bits per heavy atom. The van der Waals surface area contributed by atoms with Crippen molar-refractivity contribution in [1.82, 2.24) is 15.3 Å². The third-order valence-corrected chi connectivity index (χ3v) is 9.20. The molecule has 0 fully saturated rings. The van der Waals surface area contributed by atoms with Gasteiger partial charge in [-0.1, -0.05) is 68.1 Å². The van der Waals surface area contributed by atoms with Crippen LogP contribution in [0, 0.1) is 0 Å². The molecule has 4 aromatic carbocycles. The van der Waals surface area contributed by atoms with E-state index < -0.39 is 18.2 Å². The van der Waals surface area contributed by atoms with Gasteiger partial charge in [-0.2, -0.15) is 0 Å². The highest BCUT2D eigenvalue weighted by molar-refractivity contribution is 9.10. The first-order chi connectivity index (χ1) is 28.4. The van der Waals surface area contributed by atoms with Crippen LogP contribution in [0.3, 0.4) is 0 Å². The van der Waals surface area contributed by atoms with Gasteiger partial charge in [-0.25, -0.2) is 14.4 Å². The van der Waals surface area contributed by atoms with Crippen molar-refractivity contribution in [3.63, 3.8) is 0 Å². The minimum Gasteiger partial charge on any atom is -0.478 e. The van der Waals surface area contributed by atoms with Crippen molar-refractivity contribution in [2.75, 3.05) is 24.9 Å². The van der Waals surface area contributed by atoms with Crippen molar-refractivity contribution in [1.29, 1.82) is 0 Å². The molecule has 15 heteroatoms. The van der Waals surface area contributed by atoms with E-state index in [2.05, 4.69) is 79.4 Å². The highest BCUT2D eigenvalue weighted by atomic mass is 79.9. The van der Waals surface area contributed by atoms with Gasteiger partial charge >= 0.3 is 18.2 Å². The number of benzene rings is 4. The Morgan fingerprint density at radius 2 is 1.05 bits per heavy atom. The zero-order valence-corrected chi connectivity index (χ0v) is 35.2. The molecule has 2 aromatic heterocycles. The van der Waals surface area contributed by atoms with Gasteiger partial charge in [-0.3, -0.25) is 25.4 Å². The second-order valence-corrected chi connectivity index (χ2v) is 14.3. The molecule has 0 aliphatic heterocycles. The summed E-state index contributed by atoms with van der Waals surface area (Å²) in [5, 5.41) is 16.6. The number of nitrogens with one attached hydrogen (secondary N) is 3. The fourth-order valence-electron chi connectivity index (χ4n) is 5.23. The molecular formula is C45H46Br2N6O7. The first-order valence-electron chi connectivity index (χ1n) is 17.9. The number of nitrogens with zero attached hydrogens (tertiary/aromatic N) is 2. The van der Waals surface area contributed by atoms with Crippen molar-refractivity contribution >= 4 is 67.3 Å². The number of carboxylic acid groups (broad SMARTS) is 1. The topological polar surface area (TPSA) is 195 Å². The summed E-state index contributed by atoms with van der Waals surface area (Å²) < 4.78 is 10.8. The Kier molecular flexibility index (Phi) is 20.1. The summed E-state index contributed by atoms with van der Waals surface area (Å²) >= 11 is 6.75. The normalized spacial score (nSPS) is 10.9. The summed E-state index contributed by atoms with van der Waals surface area (Å²) in [5.41, 5.74) is 11.8. The number of methoxy groups -OCH3 is 2. The van der Waals surface area contributed by atoms with E-state index in [9.17, 15) is 19.2 Å². The van der Waals surface area contributed by atoms with Crippen LogP contribution in [0.15, 0.2) is 155 Å². The van der Waals surface area contributed by atoms with E-state index >= 15 is 0 Å². The van der Waals surface area contributed by atoms with E-state index in [0.29, 0.717) is 23.4 Å². The average Bonchev–Trinajstić information content (AvgIpc) is 3.25. The maximum absolute atomic E-state index is 12.8. The molecular weight excluding hydrogens is 896 g/mol. The molecule has 0 bridgehead atoms. The first kappa shape index (κ1) is 48.0. The predicted octanol–water partition coefficient (Wildman–Crippen LogP) is 10.0. The molecule has 6 aromatic rings. The maximum Gasteiger partial charge on any atom is 0.411 e. The third kappa shape index (κ3) is 16.4. The third-order valence-electron chi connectivity index (χ3n) is 8.27. The fourth-order valence-corrected chi connectivity index (χ4v) is 5.70. The van der Waals surface area contributed by atoms with E-state index in [0.717, 1.165) is 32.3 Å². The van der Waals surface area contributed by atoms with Gasteiger partial charge in [-0.05, 0) is 129 Å². The summed E-state index contributed by atoms with van der Waals surface area (Å²) in [5.74, 6) is -1.23. The van der Waals surface area contributed by atoms with Crippen molar-refractivity contribution < 1.29 is 33.8 Å². The van der Waals surface area contributed by atoms with Gasteiger partial charge in [0.05, 0.1) is 43.3 Å². The number of ether oxygens (including phenoxy) is 2. The van der Waals surface area contributed by atoms with Crippen molar-refractivity contribution in [3.05, 3.63) is 188 Å². The Bertz CT molecular complexity index is 2230. The molecule has 0 aliphatic rings. The van der Waals surface area contributed by atoms with E-state index in [1.54, 1.807) is 36.7 Å². The number of aromatic carboxylic acids is 1. The zero-order valence-electron chi connectivity index (χ0n) is 32.0. The number of aromatic nitrogens is 2. The fraction of sp³-hybridized carbons (Fsp3) is 0.156. The minimum atomic E-state index is -1.00. The molecule has 6 rings (SSSR count). The van der Waals surface area contributed by atoms with Crippen LogP contribution in [0.5, 0.6) is 0 Å². The molecule has 0 aliphatic carbocycles. The molecule has 0 radical (unpaired) electrons. The lowest BCUT2D eigenvalue weighted by Gasteiger charge is -2.19. The highest BCUT2D eigenvalue weighted by Gasteiger charge is 2.18. The van der Waals surface area contributed by atoms with Gasteiger partial charge < -0.3 is 25.6 Å². The molecule has 2 heterocycles. The number of anilines is 2. The first-order valence-corrected chi connectivity index (χ1v) is 19.5. The Labute approximate surface area is 366 Å². The summed E-state index contributed by atoms with van der Waals surface area (Å²) in [6.45, 7) is 0. The van der Waals surface area contributed by atoms with Gasteiger partial charge in [0, 0.05) is 38.3 Å². The van der Waals surface area contributed by atoms with Crippen LogP contribution in [-0.2, 0) is 22.3 Å². The number of hydrogen-bond acceptors (Lipinski definition) is 9. The number of amides is 3. The average molecular weight is 943 g/mol. The number of carbonyl (C=O) groups excluding carboxylic acids is 3. The van der Waals surface area contributed by atoms with Crippen molar-refractivity contribution in [2.45, 2.75) is 32.4 Å². The number of hydrogen-bond donors (Lipinski definition) is 5. The van der Waals surface area contributed by atoms with Gasteiger partial charge in [0.1, 0.15) is 0 Å². The van der Waals surface area contributed by atoms with Gasteiger partial charge in [0.2, 0.25) is 0 Å². The smallest absolute Gasteiger partial charge is 0.411 e. The lowest BCUT2D eigenvalue weighted by atomic mass is 10.0. The zero-order chi connectivity index (χ0) is 42.6. The molecule has 0 saturated heterocycles. The number of rotatable bonds is 11. The number of carboxylic acids is 1. The quantitative estimate of drug-likeness (QED) is 0.0834. The van der Waals surface area contributed by atoms with Crippen LogP contribution >= 0.6 is 31.9 Å². The Morgan fingerprint density at radius 3 is 1.47 bits per heavy atom. The SMILES string of the molecule is C.COC(=O)Nc1ccc(C(=O)NC(Cc2ccccc2)c2ccc(Br)cn2)cc1.COC(=O)Nc1ccc(C(=O)O)cc1.NC(Cc1ccccc1)c1ccc(Br)cn1. The lowest BCUT2D eigenvalue weighted by Crippen LogP contribution is -2.30. The van der Waals surface area contributed by atoms with Gasteiger partial charge in [-0.15, -0.1) is 0 Å². The molecule has 13 nitrogen and oxygen atoms in total. The molecule has 312 valence electrons. The predicted molar refractivity (Wildman–Crippen MR) is 240 cm³/mol. The van der Waals surface area contributed by atoms with Crippen molar-refractivity contribution in [3.8, 4) is 0 Å². The van der Waals surface area contributed by atoms with Gasteiger partial charge in [0.15, 0.2) is 0 Å². The summed E-state index contributed by atoms with van der Waals surface area (Å²) in [4.78, 5) is 54.1. The number of carbonyl (C=O) groups is 4. The molecule has 2 unspecified atom stereocenters. The standard InChI is InChI=1S/C22H20BrN3O3.C13H13BrN2.C9H9NO4.CH4/c1-29-22(28)25-18-10-7-16(8-11-18)21(27)26-20(13-15-5-3-2-4-6-15)19-12-9-17(23)14-24-19;14-11-6-7-13(16-9-11)12(15)8-10-4-2-1-3-5-10;1-14-9(13)10-7-4-2-6(3-5-7)8(11)12;/h2-12,14,20H,13H2,1H3,(H,25,28)(H,26,27);1-7,9,12H,8,15H2;2-5H,1H3,(H,10,13)(H,11,12);1H4. The maximum atomic E-state index is 12.8. The highest BCUT2D eigenvalue weighted by Crippen LogP contribution is 2.21. The van der Waals surface area contributed by atoms with E-state index in [4.69, 9.17) is 10.8 Å². The van der Waals surface area contributed by atoms with Gasteiger partial charge in [0.25, 0.3) is 5.91 Å². The van der Waals surface area contributed by atoms with Crippen molar-refractivity contribution in [2.24, 2.45) is 5.73 Å². The molecule has 2 atom stereocenters. The summed E-state index contributed by atoms with van der Waals surface area (Å²) in [7, 11) is 2.54. The number of nitrogens with two attached hydrogens (primary N) is 1. The molecule has 3 amide bonds. The Hall–Kier alpha value is -6.42. The lowest BCUT2D eigenvalue weighted by molar-refractivity contribution is 0.0696. The van der Waals surface area contributed by atoms with Crippen LogP contribution in [0.25, 0.3) is 0 Å². The number of pyridine rings is 2. The van der Waals surface area contributed by atoms with E-state index in [1.165, 1.54) is 44.0 Å². The summed E-state index contributed by atoms with van der Waals surface area (Å²) in [6.07, 6.45) is 3.77. The molecule has 0 saturated carbocycles. The second kappa shape index (κ2) is 25.2. The van der Waals surface area contributed by atoms with E-state index in [1.807, 2.05) is 72.8 Å². The molecule has 6 N–H and O–H groups in total. The molecule has 0 spiro atoms. The monoisotopic (exact) mass is 940 g/mol. The second-order valence-electron chi connectivity index (χ2n) is 12.5. The number of halogens is 2. The van der Waals surface area contributed by atoms with Crippen LogP contribution in [0.4, 0.5) is 21.0 Å². The van der Waals surface area contributed by atoms with E-state index in [-0.39, 0.29) is 31.0 Å².